The van der Waals surface area contributed by atoms with Crippen LogP contribution in [0.4, 0.5) is 5.13 Å². The summed E-state index contributed by atoms with van der Waals surface area (Å²) >= 11 is 1.04. The number of aromatic nitrogens is 1. The first-order valence-corrected chi connectivity index (χ1v) is 11.2. The lowest BCUT2D eigenvalue weighted by atomic mass is 9.86. The molecule has 1 heterocycles. The van der Waals surface area contributed by atoms with Gasteiger partial charge in [-0.25, -0.2) is 9.78 Å². The normalized spacial score (nSPS) is 18.4. The summed E-state index contributed by atoms with van der Waals surface area (Å²) < 4.78 is 5.82. The SMILES string of the molecule is CC1CCC(N(C(=O)c2ccc(Oc3ccccc3)cc2)c2ncc(C(=O)O)s2)CC1. The quantitative estimate of drug-likeness (QED) is 0.524. The van der Waals surface area contributed by atoms with Crippen LogP contribution in [0.2, 0.25) is 0 Å². The van der Waals surface area contributed by atoms with Gasteiger partial charge < -0.3 is 9.84 Å². The van der Waals surface area contributed by atoms with Gasteiger partial charge in [0.15, 0.2) is 5.13 Å². The highest BCUT2D eigenvalue weighted by Crippen LogP contribution is 2.34. The first-order chi connectivity index (χ1) is 15.0. The summed E-state index contributed by atoms with van der Waals surface area (Å²) in [4.78, 5) is 30.9. The van der Waals surface area contributed by atoms with Gasteiger partial charge in [0.2, 0.25) is 0 Å². The highest BCUT2D eigenvalue weighted by Gasteiger charge is 2.32. The van der Waals surface area contributed by atoms with Gasteiger partial charge in [0.25, 0.3) is 5.91 Å². The van der Waals surface area contributed by atoms with E-state index in [4.69, 9.17) is 4.74 Å². The van der Waals surface area contributed by atoms with Gasteiger partial charge in [-0.2, -0.15) is 0 Å². The zero-order chi connectivity index (χ0) is 21.8. The van der Waals surface area contributed by atoms with E-state index in [2.05, 4.69) is 11.9 Å². The Morgan fingerprint density at radius 3 is 2.26 bits per heavy atom. The number of ether oxygens (including phenoxy) is 1. The molecule has 0 spiro atoms. The largest absolute Gasteiger partial charge is 0.477 e. The maximum Gasteiger partial charge on any atom is 0.347 e. The Morgan fingerprint density at radius 2 is 1.65 bits per heavy atom. The van der Waals surface area contributed by atoms with E-state index in [9.17, 15) is 14.7 Å². The maximum atomic E-state index is 13.5. The van der Waals surface area contributed by atoms with E-state index in [0.717, 1.165) is 42.8 Å². The molecule has 6 nitrogen and oxygen atoms in total. The van der Waals surface area contributed by atoms with Gasteiger partial charge in [-0.05, 0) is 68.0 Å². The minimum atomic E-state index is -1.03. The second-order valence-corrected chi connectivity index (χ2v) is 8.85. The van der Waals surface area contributed by atoms with Crippen LogP contribution in [0.15, 0.2) is 60.8 Å². The van der Waals surface area contributed by atoms with Crippen molar-refractivity contribution in [3.63, 3.8) is 0 Å². The molecule has 1 amide bonds. The van der Waals surface area contributed by atoms with Crippen molar-refractivity contribution in [2.75, 3.05) is 4.90 Å². The molecule has 0 atom stereocenters. The number of aromatic carboxylic acids is 1. The molecule has 0 aliphatic heterocycles. The number of amides is 1. The second-order valence-electron chi connectivity index (χ2n) is 7.84. The number of thiazole rings is 1. The number of carboxylic acids is 1. The van der Waals surface area contributed by atoms with E-state index in [1.807, 2.05) is 30.3 Å². The first kappa shape index (κ1) is 21.1. The molecule has 2 aromatic carbocycles. The predicted octanol–water partition coefficient (Wildman–Crippen LogP) is 5.86. The molecule has 4 rings (SSSR count). The summed E-state index contributed by atoms with van der Waals surface area (Å²) in [6.07, 6.45) is 5.16. The molecule has 1 N–H and O–H groups in total. The summed E-state index contributed by atoms with van der Waals surface area (Å²) in [5, 5.41) is 9.72. The summed E-state index contributed by atoms with van der Waals surface area (Å²) in [7, 11) is 0. The smallest absolute Gasteiger partial charge is 0.347 e. The Kier molecular flexibility index (Phi) is 6.32. The van der Waals surface area contributed by atoms with Gasteiger partial charge in [0.1, 0.15) is 16.4 Å². The first-order valence-electron chi connectivity index (χ1n) is 10.4. The number of carbonyl (C=O) groups is 2. The molecule has 0 radical (unpaired) electrons. The maximum absolute atomic E-state index is 13.5. The van der Waals surface area contributed by atoms with Gasteiger partial charge >= 0.3 is 5.97 Å². The Labute approximate surface area is 185 Å². The molecule has 0 saturated heterocycles. The van der Waals surface area contributed by atoms with E-state index in [0.29, 0.717) is 22.4 Å². The topological polar surface area (TPSA) is 79.7 Å². The standard InChI is InChI=1S/C24H24N2O4S/c1-16-7-11-18(12-8-16)26(24-25-15-21(31-24)23(28)29)22(27)17-9-13-20(14-10-17)30-19-5-3-2-4-6-19/h2-6,9-10,13-16,18H,7-8,11-12H2,1H3,(H,28,29). The van der Waals surface area contributed by atoms with Crippen LogP contribution in [-0.4, -0.2) is 28.0 Å². The molecular formula is C24H24N2O4S. The fourth-order valence-corrected chi connectivity index (χ4v) is 4.64. The number of hydrogen-bond donors (Lipinski definition) is 1. The zero-order valence-electron chi connectivity index (χ0n) is 17.2. The molecule has 7 heteroatoms. The predicted molar refractivity (Wildman–Crippen MR) is 120 cm³/mol. The van der Waals surface area contributed by atoms with Crippen LogP contribution in [0.25, 0.3) is 0 Å². The Balaban J connectivity index is 1.58. The van der Waals surface area contributed by atoms with Crippen molar-refractivity contribution in [3.05, 3.63) is 71.2 Å². The van der Waals surface area contributed by atoms with Gasteiger partial charge in [0, 0.05) is 11.6 Å². The van der Waals surface area contributed by atoms with Crippen LogP contribution in [-0.2, 0) is 0 Å². The summed E-state index contributed by atoms with van der Waals surface area (Å²) in [6, 6.07) is 16.5. The minimum Gasteiger partial charge on any atom is -0.477 e. The fourth-order valence-electron chi connectivity index (χ4n) is 3.81. The molecule has 3 aromatic rings. The van der Waals surface area contributed by atoms with Crippen molar-refractivity contribution >= 4 is 28.3 Å². The average molecular weight is 437 g/mol. The molecule has 31 heavy (non-hydrogen) atoms. The monoisotopic (exact) mass is 436 g/mol. The third kappa shape index (κ3) is 4.94. The minimum absolute atomic E-state index is 0.0109. The lowest BCUT2D eigenvalue weighted by Gasteiger charge is -2.34. The van der Waals surface area contributed by atoms with Crippen LogP contribution in [0, 0.1) is 5.92 Å². The van der Waals surface area contributed by atoms with Crippen molar-refractivity contribution in [2.45, 2.75) is 38.6 Å². The summed E-state index contributed by atoms with van der Waals surface area (Å²) in [5.41, 5.74) is 0.520. The van der Waals surface area contributed by atoms with Crippen molar-refractivity contribution in [1.82, 2.24) is 4.98 Å². The highest BCUT2D eigenvalue weighted by molar-refractivity contribution is 7.17. The van der Waals surface area contributed by atoms with Crippen molar-refractivity contribution < 1.29 is 19.4 Å². The molecule has 160 valence electrons. The summed E-state index contributed by atoms with van der Waals surface area (Å²) in [5.74, 6) is 0.799. The van der Waals surface area contributed by atoms with Crippen molar-refractivity contribution in [3.8, 4) is 11.5 Å². The number of nitrogens with zero attached hydrogens (tertiary/aromatic N) is 2. The van der Waals surface area contributed by atoms with E-state index in [1.165, 1.54) is 6.20 Å². The zero-order valence-corrected chi connectivity index (χ0v) is 18.0. The van der Waals surface area contributed by atoms with Gasteiger partial charge in [-0.15, -0.1) is 0 Å². The third-order valence-corrected chi connectivity index (χ3v) is 6.54. The number of benzene rings is 2. The molecule has 1 aromatic heterocycles. The molecule has 0 bridgehead atoms. The number of anilines is 1. The van der Waals surface area contributed by atoms with Crippen LogP contribution < -0.4 is 9.64 Å². The number of para-hydroxylation sites is 1. The van der Waals surface area contributed by atoms with E-state index in [1.54, 1.807) is 29.2 Å². The highest BCUT2D eigenvalue weighted by atomic mass is 32.1. The molecule has 0 unspecified atom stereocenters. The van der Waals surface area contributed by atoms with Crippen molar-refractivity contribution in [1.29, 1.82) is 0 Å². The number of hydrogen-bond acceptors (Lipinski definition) is 5. The number of carbonyl (C=O) groups excluding carboxylic acids is 1. The van der Waals surface area contributed by atoms with Crippen molar-refractivity contribution in [2.24, 2.45) is 5.92 Å². The second kappa shape index (κ2) is 9.31. The van der Waals surface area contributed by atoms with Crippen LogP contribution in [0.3, 0.4) is 0 Å². The van der Waals surface area contributed by atoms with E-state index < -0.39 is 5.97 Å². The van der Waals surface area contributed by atoms with E-state index >= 15 is 0 Å². The van der Waals surface area contributed by atoms with Crippen LogP contribution in [0.1, 0.15) is 52.6 Å². The molecule has 1 aliphatic carbocycles. The average Bonchev–Trinajstić information content (AvgIpc) is 3.27. The number of rotatable bonds is 6. The Morgan fingerprint density at radius 1 is 1.00 bits per heavy atom. The Bertz CT molecular complexity index is 1040. The van der Waals surface area contributed by atoms with Gasteiger partial charge in [0.05, 0.1) is 6.20 Å². The summed E-state index contributed by atoms with van der Waals surface area (Å²) in [6.45, 7) is 2.22. The molecule has 1 fully saturated rings. The lowest BCUT2D eigenvalue weighted by Crippen LogP contribution is -2.42. The molecule has 1 aliphatic rings. The van der Waals surface area contributed by atoms with Crippen LogP contribution >= 0.6 is 11.3 Å². The van der Waals surface area contributed by atoms with Gasteiger partial charge in [-0.1, -0.05) is 36.5 Å². The van der Waals surface area contributed by atoms with E-state index in [-0.39, 0.29) is 16.8 Å². The number of carboxylic acid groups (broad SMARTS) is 1. The fraction of sp³-hybridized carbons (Fsp3) is 0.292. The van der Waals surface area contributed by atoms with Gasteiger partial charge in [-0.3, -0.25) is 9.69 Å². The Hall–Kier alpha value is -3.19. The lowest BCUT2D eigenvalue weighted by molar-refractivity contribution is 0.0701. The molecule has 1 saturated carbocycles. The van der Waals surface area contributed by atoms with Crippen LogP contribution in [0.5, 0.6) is 11.5 Å². The molecular weight excluding hydrogens is 412 g/mol. The third-order valence-electron chi connectivity index (χ3n) is 5.56.